The van der Waals surface area contributed by atoms with Crippen molar-refractivity contribution in [3.05, 3.63) is 78.4 Å². The lowest BCUT2D eigenvalue weighted by Crippen LogP contribution is -2.41. The van der Waals surface area contributed by atoms with Crippen LogP contribution in [0.2, 0.25) is 0 Å². The van der Waals surface area contributed by atoms with E-state index in [9.17, 15) is 9.59 Å². The summed E-state index contributed by atoms with van der Waals surface area (Å²) in [5.41, 5.74) is 4.71. The quantitative estimate of drug-likeness (QED) is 0.529. The molecule has 0 saturated carbocycles. The van der Waals surface area contributed by atoms with Gasteiger partial charge >= 0.3 is 0 Å². The largest absolute Gasteiger partial charge is 0.459 e. The normalized spacial score (nSPS) is 11.8. The molecule has 2 amide bonds. The average molecular weight is 400 g/mol. The van der Waals surface area contributed by atoms with Crippen molar-refractivity contribution in [2.24, 2.45) is 0 Å². The molecule has 0 fully saturated rings. The molecular weight excluding hydrogens is 380 g/mol. The Hall–Kier alpha value is -4.00. The fourth-order valence-corrected chi connectivity index (χ4v) is 2.99. The van der Waals surface area contributed by atoms with Crippen molar-refractivity contribution >= 4 is 28.5 Å². The first kappa shape index (κ1) is 19.3. The van der Waals surface area contributed by atoms with Gasteiger partial charge in [-0.1, -0.05) is 24.3 Å². The van der Waals surface area contributed by atoms with Crippen molar-refractivity contribution in [3.8, 4) is 11.3 Å². The van der Waals surface area contributed by atoms with Crippen LogP contribution in [0.5, 0.6) is 0 Å². The van der Waals surface area contributed by atoms with Crippen molar-refractivity contribution < 1.29 is 14.0 Å². The number of rotatable bonds is 5. The molecule has 0 saturated heterocycles. The van der Waals surface area contributed by atoms with Crippen molar-refractivity contribution in [3.63, 3.8) is 0 Å². The van der Waals surface area contributed by atoms with Gasteiger partial charge in [-0.25, -0.2) is 4.98 Å². The van der Waals surface area contributed by atoms with Crippen LogP contribution in [0.1, 0.15) is 23.0 Å². The maximum Gasteiger partial charge on any atom is 0.287 e. The molecule has 1 atom stereocenters. The number of furan rings is 1. The van der Waals surface area contributed by atoms with E-state index in [0.29, 0.717) is 11.4 Å². The Bertz CT molecular complexity index is 1220. The minimum absolute atomic E-state index is 0.155. The fraction of sp³-hybridized carbons (Fsp3) is 0.130. The van der Waals surface area contributed by atoms with Crippen LogP contribution in [0.3, 0.4) is 0 Å². The van der Waals surface area contributed by atoms with Crippen LogP contribution in [-0.4, -0.2) is 27.8 Å². The third-order valence-electron chi connectivity index (χ3n) is 4.73. The van der Waals surface area contributed by atoms with Crippen LogP contribution in [0.15, 0.2) is 71.5 Å². The Morgan fingerprint density at radius 3 is 2.60 bits per heavy atom. The van der Waals surface area contributed by atoms with Gasteiger partial charge in [0.1, 0.15) is 6.04 Å². The predicted molar refractivity (Wildman–Crippen MR) is 114 cm³/mol. The van der Waals surface area contributed by atoms with Crippen molar-refractivity contribution in [1.82, 2.24) is 15.3 Å². The van der Waals surface area contributed by atoms with E-state index in [1.54, 1.807) is 19.2 Å². The van der Waals surface area contributed by atoms with Crippen LogP contribution < -0.4 is 10.6 Å². The van der Waals surface area contributed by atoms with E-state index in [1.807, 2.05) is 49.4 Å². The van der Waals surface area contributed by atoms with Gasteiger partial charge in [0.15, 0.2) is 5.76 Å². The number of carbonyl (C=O) groups is 2. The molecule has 0 aliphatic carbocycles. The second-order valence-corrected chi connectivity index (χ2v) is 6.94. The van der Waals surface area contributed by atoms with E-state index < -0.39 is 11.9 Å². The Kier molecular flexibility index (Phi) is 5.26. The molecule has 0 bridgehead atoms. The summed E-state index contributed by atoms with van der Waals surface area (Å²) in [6, 6.07) is 15.8. The number of aryl methyl sites for hydroxylation is 1. The van der Waals surface area contributed by atoms with Crippen LogP contribution >= 0.6 is 0 Å². The number of nitrogens with zero attached hydrogens (tertiary/aromatic N) is 2. The molecule has 0 aliphatic rings. The highest BCUT2D eigenvalue weighted by Crippen LogP contribution is 2.25. The van der Waals surface area contributed by atoms with Crippen LogP contribution in [-0.2, 0) is 4.79 Å². The third kappa shape index (κ3) is 4.05. The van der Waals surface area contributed by atoms with Crippen molar-refractivity contribution in [2.75, 3.05) is 5.32 Å². The van der Waals surface area contributed by atoms with E-state index in [0.717, 1.165) is 22.2 Å². The van der Waals surface area contributed by atoms with Gasteiger partial charge in [-0.3, -0.25) is 14.6 Å². The minimum atomic E-state index is -0.744. The second kappa shape index (κ2) is 8.16. The SMILES string of the molecule is Cc1ccc(-c2cnc3ccccc3n2)cc1NC(=O)C(C)NC(=O)c1ccco1. The monoisotopic (exact) mass is 400 g/mol. The summed E-state index contributed by atoms with van der Waals surface area (Å²) in [4.78, 5) is 33.8. The van der Waals surface area contributed by atoms with Crippen molar-refractivity contribution in [2.45, 2.75) is 19.9 Å². The lowest BCUT2D eigenvalue weighted by atomic mass is 10.1. The van der Waals surface area contributed by atoms with E-state index in [1.165, 1.54) is 12.3 Å². The Morgan fingerprint density at radius 1 is 1.03 bits per heavy atom. The molecule has 2 aromatic heterocycles. The number of benzene rings is 2. The molecule has 2 heterocycles. The second-order valence-electron chi connectivity index (χ2n) is 6.94. The maximum atomic E-state index is 12.6. The Balaban J connectivity index is 1.52. The summed E-state index contributed by atoms with van der Waals surface area (Å²) >= 11 is 0. The highest BCUT2D eigenvalue weighted by molar-refractivity contribution is 6.00. The summed E-state index contributed by atoms with van der Waals surface area (Å²) in [7, 11) is 0. The smallest absolute Gasteiger partial charge is 0.287 e. The zero-order valence-corrected chi connectivity index (χ0v) is 16.5. The van der Waals surface area contributed by atoms with Gasteiger partial charge in [0.2, 0.25) is 5.91 Å². The maximum absolute atomic E-state index is 12.6. The molecule has 2 N–H and O–H groups in total. The number of aromatic nitrogens is 2. The minimum Gasteiger partial charge on any atom is -0.459 e. The molecule has 2 aromatic carbocycles. The summed E-state index contributed by atoms with van der Waals surface area (Å²) in [6.07, 6.45) is 3.12. The molecule has 7 nitrogen and oxygen atoms in total. The van der Waals surface area contributed by atoms with Gasteiger partial charge in [-0.15, -0.1) is 0 Å². The number of para-hydroxylation sites is 2. The van der Waals surface area contributed by atoms with Crippen LogP contribution in [0.4, 0.5) is 5.69 Å². The average Bonchev–Trinajstić information content (AvgIpc) is 3.30. The van der Waals surface area contributed by atoms with E-state index in [4.69, 9.17) is 4.42 Å². The number of amides is 2. The standard InChI is InChI=1S/C23H20N4O3/c1-14-9-10-16(20-13-24-17-6-3-4-7-18(17)26-20)12-19(14)27-22(28)15(2)25-23(29)21-8-5-11-30-21/h3-13,15H,1-2H3,(H,25,29)(H,27,28). The number of anilines is 1. The molecule has 0 spiro atoms. The lowest BCUT2D eigenvalue weighted by molar-refractivity contribution is -0.117. The summed E-state index contributed by atoms with van der Waals surface area (Å²) < 4.78 is 5.05. The predicted octanol–water partition coefficient (Wildman–Crippen LogP) is 3.96. The van der Waals surface area contributed by atoms with Gasteiger partial charge in [0.05, 0.1) is 29.2 Å². The molecule has 4 aromatic rings. The first-order valence-electron chi connectivity index (χ1n) is 9.49. The molecule has 30 heavy (non-hydrogen) atoms. The molecule has 0 radical (unpaired) electrons. The Morgan fingerprint density at radius 2 is 1.83 bits per heavy atom. The van der Waals surface area contributed by atoms with E-state index in [-0.39, 0.29) is 11.7 Å². The topological polar surface area (TPSA) is 97.1 Å². The molecule has 4 rings (SSSR count). The number of carbonyl (C=O) groups excluding carboxylic acids is 2. The number of hydrogen-bond donors (Lipinski definition) is 2. The van der Waals surface area contributed by atoms with Gasteiger partial charge < -0.3 is 15.1 Å². The fourth-order valence-electron chi connectivity index (χ4n) is 2.99. The van der Waals surface area contributed by atoms with Gasteiger partial charge in [0.25, 0.3) is 5.91 Å². The molecule has 1 unspecified atom stereocenters. The van der Waals surface area contributed by atoms with E-state index >= 15 is 0 Å². The number of fused-ring (bicyclic) bond motifs is 1. The van der Waals surface area contributed by atoms with Crippen LogP contribution in [0.25, 0.3) is 22.3 Å². The van der Waals surface area contributed by atoms with E-state index in [2.05, 4.69) is 20.6 Å². The van der Waals surface area contributed by atoms with Crippen molar-refractivity contribution in [1.29, 1.82) is 0 Å². The third-order valence-corrected chi connectivity index (χ3v) is 4.73. The Labute approximate surface area is 173 Å². The first-order valence-corrected chi connectivity index (χ1v) is 9.49. The number of nitrogens with one attached hydrogen (secondary N) is 2. The van der Waals surface area contributed by atoms with Gasteiger partial charge in [-0.05, 0) is 49.7 Å². The van der Waals surface area contributed by atoms with Gasteiger partial charge in [0, 0.05) is 11.3 Å². The summed E-state index contributed by atoms with van der Waals surface area (Å²) in [5.74, 6) is -0.623. The molecule has 7 heteroatoms. The summed E-state index contributed by atoms with van der Waals surface area (Å²) in [6.45, 7) is 3.52. The van der Waals surface area contributed by atoms with Crippen LogP contribution in [0, 0.1) is 6.92 Å². The highest BCUT2D eigenvalue weighted by atomic mass is 16.3. The molecule has 150 valence electrons. The lowest BCUT2D eigenvalue weighted by Gasteiger charge is -2.15. The highest BCUT2D eigenvalue weighted by Gasteiger charge is 2.19. The molecular formula is C23H20N4O3. The molecule has 0 aliphatic heterocycles. The van der Waals surface area contributed by atoms with Gasteiger partial charge in [-0.2, -0.15) is 0 Å². The first-order chi connectivity index (χ1) is 14.5. The summed E-state index contributed by atoms with van der Waals surface area (Å²) in [5, 5.41) is 5.50. The number of hydrogen-bond acceptors (Lipinski definition) is 5. The zero-order chi connectivity index (χ0) is 21.1. The zero-order valence-electron chi connectivity index (χ0n) is 16.5.